The van der Waals surface area contributed by atoms with Gasteiger partial charge in [0.2, 0.25) is 0 Å². The molecule has 1 atom stereocenters. The monoisotopic (exact) mass is 445 g/mol. The second kappa shape index (κ2) is 8.44. The lowest BCUT2D eigenvalue weighted by atomic mass is 9.96. The molecule has 2 aliphatic rings. The van der Waals surface area contributed by atoms with Gasteiger partial charge in [0.05, 0.1) is 11.7 Å². The average molecular weight is 447 g/mol. The lowest BCUT2D eigenvalue weighted by molar-refractivity contribution is 0.107. The number of fused-ring (bicyclic) bond motifs is 2. The first kappa shape index (κ1) is 19.1. The summed E-state index contributed by atoms with van der Waals surface area (Å²) in [5, 5.41) is 0.779. The third-order valence-electron chi connectivity index (χ3n) is 5.56. The number of hydrogen-bond donors (Lipinski definition) is 0. The predicted octanol–water partition coefficient (Wildman–Crippen LogP) is 5.49. The zero-order valence-corrected chi connectivity index (χ0v) is 18.0. The first-order valence-electron chi connectivity index (χ1n) is 9.75. The van der Waals surface area contributed by atoms with Crippen LogP contribution in [0.5, 0.6) is 0 Å². The van der Waals surface area contributed by atoms with Gasteiger partial charge in [0, 0.05) is 41.9 Å². The summed E-state index contributed by atoms with van der Waals surface area (Å²) in [7, 11) is 0. The maximum Gasteiger partial charge on any atom is 0.0789 e. The highest BCUT2D eigenvalue weighted by atomic mass is 79.9. The Morgan fingerprint density at radius 1 is 1.11 bits per heavy atom. The zero-order chi connectivity index (χ0) is 18.8. The number of halogens is 2. The third-order valence-corrected chi connectivity index (χ3v) is 6.23. The van der Waals surface area contributed by atoms with Gasteiger partial charge >= 0.3 is 0 Å². The summed E-state index contributed by atoms with van der Waals surface area (Å²) in [5.41, 5.74) is 4.80. The standard InChI is InChI=1S/C22H25BrClN3/c1-2-3-8-26-9-11-27(12-10-26)22-20-7-6-19(24)14-16(20)4-5-17-13-18(23)15-25-21(17)22/h4-7,13-15,22H,2-3,8-12H2,1H3. The van der Waals surface area contributed by atoms with Crippen molar-refractivity contribution in [2.75, 3.05) is 32.7 Å². The van der Waals surface area contributed by atoms with Crippen LogP contribution in [0, 0.1) is 0 Å². The molecule has 5 heteroatoms. The van der Waals surface area contributed by atoms with Gasteiger partial charge in [-0.2, -0.15) is 0 Å². The molecule has 0 N–H and O–H groups in total. The molecule has 1 aliphatic carbocycles. The summed E-state index contributed by atoms with van der Waals surface area (Å²) in [6.07, 6.45) is 8.80. The average Bonchev–Trinajstić information content (AvgIpc) is 2.83. The number of pyridine rings is 1. The molecule has 1 fully saturated rings. The first-order valence-corrected chi connectivity index (χ1v) is 10.9. The number of aromatic nitrogens is 1. The van der Waals surface area contributed by atoms with Gasteiger partial charge in [-0.25, -0.2) is 0 Å². The topological polar surface area (TPSA) is 19.4 Å². The minimum absolute atomic E-state index is 0.170. The van der Waals surface area contributed by atoms with Gasteiger partial charge < -0.3 is 4.90 Å². The summed E-state index contributed by atoms with van der Waals surface area (Å²) in [5.74, 6) is 0. The van der Waals surface area contributed by atoms with Crippen molar-refractivity contribution in [3.05, 3.63) is 62.3 Å². The van der Waals surface area contributed by atoms with Gasteiger partial charge in [0.25, 0.3) is 0 Å². The van der Waals surface area contributed by atoms with E-state index in [0.29, 0.717) is 0 Å². The van der Waals surface area contributed by atoms with Crippen LogP contribution in [0.3, 0.4) is 0 Å². The van der Waals surface area contributed by atoms with Crippen molar-refractivity contribution in [2.24, 2.45) is 0 Å². The van der Waals surface area contributed by atoms with Crippen LogP contribution in [0.4, 0.5) is 0 Å². The molecule has 27 heavy (non-hydrogen) atoms. The van der Waals surface area contributed by atoms with E-state index in [1.165, 1.54) is 36.1 Å². The Kier molecular flexibility index (Phi) is 5.98. The first-order chi connectivity index (χ1) is 13.2. The Bertz CT molecular complexity index is 788. The predicted molar refractivity (Wildman–Crippen MR) is 117 cm³/mol. The fraction of sp³-hybridized carbons (Fsp3) is 0.409. The molecular formula is C22H25BrClN3. The molecular weight excluding hydrogens is 422 g/mol. The fourth-order valence-corrected chi connectivity index (χ4v) is 4.62. The molecule has 0 radical (unpaired) electrons. The molecule has 0 bridgehead atoms. The van der Waals surface area contributed by atoms with E-state index < -0.39 is 0 Å². The van der Waals surface area contributed by atoms with E-state index in [1.54, 1.807) is 0 Å². The number of hydrogen-bond acceptors (Lipinski definition) is 3. The smallest absolute Gasteiger partial charge is 0.0789 e. The van der Waals surface area contributed by atoms with Crippen molar-refractivity contribution in [2.45, 2.75) is 25.8 Å². The fourth-order valence-electron chi connectivity index (χ4n) is 4.09. The quantitative estimate of drug-likeness (QED) is 0.619. The molecule has 2 aromatic rings. The minimum atomic E-state index is 0.170. The van der Waals surface area contributed by atoms with E-state index in [-0.39, 0.29) is 6.04 Å². The summed E-state index contributed by atoms with van der Waals surface area (Å²) in [6, 6.07) is 8.58. The second-order valence-corrected chi connectivity index (χ2v) is 8.72. The Balaban J connectivity index is 1.68. The Labute approximate surface area is 175 Å². The third kappa shape index (κ3) is 4.14. The highest BCUT2D eigenvalue weighted by molar-refractivity contribution is 9.10. The van der Waals surface area contributed by atoms with Crippen molar-refractivity contribution >= 4 is 39.7 Å². The van der Waals surface area contributed by atoms with Crippen LogP contribution in [-0.2, 0) is 0 Å². The number of unbranched alkanes of at least 4 members (excludes halogenated alkanes) is 1. The normalized spacial score (nSPS) is 20.2. The maximum absolute atomic E-state index is 6.29. The largest absolute Gasteiger partial charge is 0.301 e. The molecule has 0 saturated carbocycles. The lowest BCUT2D eigenvalue weighted by Crippen LogP contribution is -2.48. The summed E-state index contributed by atoms with van der Waals surface area (Å²) in [4.78, 5) is 10.0. The second-order valence-electron chi connectivity index (χ2n) is 7.37. The Hall–Kier alpha value is -1.20. The van der Waals surface area contributed by atoms with E-state index in [4.69, 9.17) is 16.6 Å². The SMILES string of the molecule is CCCCN1CCN(C2c3ccc(Cl)cc3C=Cc3cc(Br)cnc32)CC1. The van der Waals surface area contributed by atoms with Crippen LogP contribution >= 0.6 is 27.5 Å². The van der Waals surface area contributed by atoms with Crippen LogP contribution in [0.2, 0.25) is 5.02 Å². The van der Waals surface area contributed by atoms with E-state index in [9.17, 15) is 0 Å². The van der Waals surface area contributed by atoms with Crippen molar-refractivity contribution in [3.63, 3.8) is 0 Å². The molecule has 1 aliphatic heterocycles. The summed E-state index contributed by atoms with van der Waals surface area (Å²) >= 11 is 9.86. The highest BCUT2D eigenvalue weighted by Gasteiger charge is 2.31. The van der Waals surface area contributed by atoms with E-state index >= 15 is 0 Å². The van der Waals surface area contributed by atoms with E-state index in [1.807, 2.05) is 12.3 Å². The summed E-state index contributed by atoms with van der Waals surface area (Å²) in [6.45, 7) is 7.85. The number of rotatable bonds is 4. The molecule has 0 spiro atoms. The van der Waals surface area contributed by atoms with Crippen molar-refractivity contribution in [1.29, 1.82) is 0 Å². The molecule has 1 aromatic carbocycles. The van der Waals surface area contributed by atoms with Gasteiger partial charge in [0.1, 0.15) is 0 Å². The van der Waals surface area contributed by atoms with Crippen molar-refractivity contribution in [1.82, 2.24) is 14.8 Å². The molecule has 3 nitrogen and oxygen atoms in total. The summed E-state index contributed by atoms with van der Waals surface area (Å²) < 4.78 is 1.01. The Morgan fingerprint density at radius 3 is 2.67 bits per heavy atom. The van der Waals surface area contributed by atoms with Crippen molar-refractivity contribution < 1.29 is 0 Å². The zero-order valence-electron chi connectivity index (χ0n) is 15.7. The van der Waals surface area contributed by atoms with E-state index in [2.05, 4.69) is 63.0 Å². The number of piperazine rings is 1. The molecule has 1 aromatic heterocycles. The molecule has 1 saturated heterocycles. The van der Waals surface area contributed by atoms with Gasteiger partial charge in [-0.05, 0) is 63.8 Å². The molecule has 2 heterocycles. The molecule has 0 amide bonds. The van der Waals surface area contributed by atoms with Gasteiger partial charge in [-0.1, -0.05) is 43.2 Å². The minimum Gasteiger partial charge on any atom is -0.301 e. The van der Waals surface area contributed by atoms with Crippen LogP contribution in [0.15, 0.2) is 34.9 Å². The Morgan fingerprint density at radius 2 is 1.89 bits per heavy atom. The number of nitrogens with zero attached hydrogens (tertiary/aromatic N) is 3. The van der Waals surface area contributed by atoms with Crippen LogP contribution in [0.1, 0.15) is 48.2 Å². The lowest BCUT2D eigenvalue weighted by Gasteiger charge is -2.39. The van der Waals surface area contributed by atoms with E-state index in [0.717, 1.165) is 41.4 Å². The van der Waals surface area contributed by atoms with Crippen molar-refractivity contribution in [3.8, 4) is 0 Å². The molecule has 4 rings (SSSR count). The molecule has 142 valence electrons. The number of benzene rings is 1. The van der Waals surface area contributed by atoms with Gasteiger partial charge in [-0.3, -0.25) is 9.88 Å². The molecule has 1 unspecified atom stereocenters. The van der Waals surface area contributed by atoms with Gasteiger partial charge in [-0.15, -0.1) is 0 Å². The van der Waals surface area contributed by atoms with Crippen LogP contribution in [-0.4, -0.2) is 47.5 Å². The maximum atomic E-state index is 6.29. The van der Waals surface area contributed by atoms with Crippen LogP contribution in [0.25, 0.3) is 12.2 Å². The van der Waals surface area contributed by atoms with Crippen LogP contribution < -0.4 is 0 Å². The highest BCUT2D eigenvalue weighted by Crippen LogP contribution is 2.38. The van der Waals surface area contributed by atoms with Gasteiger partial charge in [0.15, 0.2) is 0 Å².